The minimum Gasteiger partial charge on any atom is -0.497 e. The van der Waals surface area contributed by atoms with Crippen molar-refractivity contribution in [1.82, 2.24) is 14.8 Å². The summed E-state index contributed by atoms with van der Waals surface area (Å²) in [5.74, 6) is 3.77. The van der Waals surface area contributed by atoms with Crippen LogP contribution in [0.2, 0.25) is 0 Å². The third kappa shape index (κ3) is 3.57. The van der Waals surface area contributed by atoms with Gasteiger partial charge < -0.3 is 38.6 Å². The van der Waals surface area contributed by atoms with E-state index in [4.69, 9.17) is 18.9 Å². The summed E-state index contributed by atoms with van der Waals surface area (Å²) in [6.45, 7) is 5.91. The van der Waals surface area contributed by atoms with Gasteiger partial charge in [-0.05, 0) is 80.6 Å². The number of piperidine rings is 1. The zero-order chi connectivity index (χ0) is 29.6. The molecule has 2 saturated heterocycles. The maximum Gasteiger partial charge on any atom is 0.270 e. The van der Waals surface area contributed by atoms with E-state index in [1.165, 1.54) is 16.7 Å². The summed E-state index contributed by atoms with van der Waals surface area (Å²) in [5.41, 5.74) is 7.83. The third-order valence-electron chi connectivity index (χ3n) is 11.2. The normalized spacial score (nSPS) is 26.9. The molecular weight excluding hydrogens is 544 g/mol. The largest absolute Gasteiger partial charge is 0.497 e. The summed E-state index contributed by atoms with van der Waals surface area (Å²) < 4.78 is 23.8. The molecule has 8 rings (SSSR count). The number of piperazine rings is 1. The van der Waals surface area contributed by atoms with Gasteiger partial charge in [-0.3, -0.25) is 4.79 Å². The van der Waals surface area contributed by atoms with Crippen molar-refractivity contribution in [1.29, 1.82) is 0 Å². The third-order valence-corrected chi connectivity index (χ3v) is 11.2. The van der Waals surface area contributed by atoms with Gasteiger partial charge in [-0.15, -0.1) is 0 Å². The second-order valence-corrected chi connectivity index (χ2v) is 12.8. The van der Waals surface area contributed by atoms with E-state index >= 15 is 0 Å². The van der Waals surface area contributed by atoms with Crippen LogP contribution in [0, 0.1) is 12.8 Å². The first-order valence-electron chi connectivity index (χ1n) is 15.4. The van der Waals surface area contributed by atoms with Gasteiger partial charge in [0.15, 0.2) is 11.5 Å². The van der Waals surface area contributed by atoms with Crippen molar-refractivity contribution in [3.63, 3.8) is 0 Å². The van der Waals surface area contributed by atoms with E-state index in [1.54, 1.807) is 21.3 Å². The summed E-state index contributed by atoms with van der Waals surface area (Å²) in [4.78, 5) is 24.6. The van der Waals surface area contributed by atoms with Crippen molar-refractivity contribution in [2.75, 3.05) is 66.0 Å². The molecule has 5 aliphatic rings. The molecule has 3 aliphatic heterocycles. The van der Waals surface area contributed by atoms with Crippen LogP contribution in [0.15, 0.2) is 30.3 Å². The first kappa shape index (κ1) is 26.8. The molecule has 0 radical (unpaired) electrons. The number of aromatic amines is 1. The molecule has 0 saturated carbocycles. The van der Waals surface area contributed by atoms with Crippen molar-refractivity contribution in [3.8, 4) is 23.0 Å². The van der Waals surface area contributed by atoms with Crippen molar-refractivity contribution in [3.05, 3.63) is 64.0 Å². The zero-order valence-corrected chi connectivity index (χ0v) is 25.7. The lowest BCUT2D eigenvalue weighted by Crippen LogP contribution is -2.62. The summed E-state index contributed by atoms with van der Waals surface area (Å²) in [6.07, 6.45) is 2.89. The standard InChI is InChI=1S/C34H40N4O5/c1-19-22-18-23-25-16-20-6-9-26(41-4)31-28(20)34(23,10-11-36(25)2)32(43-31)30(22)35-29(19)33(39)38-14-12-37(13-15-38)24-8-7-21(40-3)17-27(24)42-5/h6-9,17,23,25,32,35H,10-16,18H2,1-5H3/t23?,25-,32+,34+/m1/s1. The van der Waals surface area contributed by atoms with Gasteiger partial charge in [0, 0.05) is 49.3 Å². The minimum absolute atomic E-state index is 0.0718. The Labute approximate surface area is 252 Å². The Bertz CT molecular complexity index is 1630. The van der Waals surface area contributed by atoms with Crippen LogP contribution in [0.4, 0.5) is 5.69 Å². The average Bonchev–Trinajstić information content (AvgIpc) is 3.56. The molecule has 4 heterocycles. The molecule has 4 atom stereocenters. The number of fused-ring (bicyclic) bond motifs is 2. The Kier molecular flexibility index (Phi) is 5.96. The number of anilines is 1. The number of methoxy groups -OCH3 is 3. The second kappa shape index (κ2) is 9.58. The van der Waals surface area contributed by atoms with Crippen LogP contribution >= 0.6 is 0 Å². The maximum atomic E-state index is 14.1. The SMILES string of the molecule is COc1ccc(N2CCN(C(=O)c3[nH]c4c(c3C)CC3[C@H]5Cc6ccc(OC)c7c6[C@@]3(CCN5C)[C@H]4O7)CC2)c(OC)c1. The number of carbonyl (C=O) groups excluding carboxylic acids is 1. The molecule has 1 amide bonds. The molecule has 43 heavy (non-hydrogen) atoms. The highest BCUT2D eigenvalue weighted by molar-refractivity contribution is 5.95. The lowest BCUT2D eigenvalue weighted by atomic mass is 9.51. The monoisotopic (exact) mass is 584 g/mol. The molecule has 226 valence electrons. The van der Waals surface area contributed by atoms with E-state index in [9.17, 15) is 4.79 Å². The van der Waals surface area contributed by atoms with Crippen LogP contribution < -0.4 is 23.8 Å². The number of aromatic nitrogens is 1. The zero-order valence-electron chi connectivity index (χ0n) is 25.7. The number of nitrogens with one attached hydrogen (secondary N) is 1. The number of rotatable bonds is 5. The molecule has 2 aromatic carbocycles. The van der Waals surface area contributed by atoms with Gasteiger partial charge in [-0.2, -0.15) is 0 Å². The fourth-order valence-electron chi connectivity index (χ4n) is 9.01. The molecule has 1 spiro atoms. The van der Waals surface area contributed by atoms with Gasteiger partial charge in [0.2, 0.25) is 0 Å². The second-order valence-electron chi connectivity index (χ2n) is 12.8. The van der Waals surface area contributed by atoms with E-state index in [2.05, 4.69) is 40.9 Å². The van der Waals surface area contributed by atoms with Crippen molar-refractivity contribution in [2.45, 2.75) is 43.7 Å². The summed E-state index contributed by atoms with van der Waals surface area (Å²) in [7, 11) is 7.33. The average molecular weight is 585 g/mol. The quantitative estimate of drug-likeness (QED) is 0.484. The molecule has 1 unspecified atom stereocenters. The molecule has 9 nitrogen and oxygen atoms in total. The van der Waals surface area contributed by atoms with Gasteiger partial charge in [0.25, 0.3) is 5.91 Å². The Morgan fingerprint density at radius 1 is 0.977 bits per heavy atom. The van der Waals surface area contributed by atoms with E-state index in [0.29, 0.717) is 30.7 Å². The fraction of sp³-hybridized carbons (Fsp3) is 0.500. The lowest BCUT2D eigenvalue weighted by Gasteiger charge is -2.57. The smallest absolute Gasteiger partial charge is 0.270 e. The molecule has 3 aromatic rings. The summed E-state index contributed by atoms with van der Waals surface area (Å²) in [6, 6.07) is 10.7. The van der Waals surface area contributed by atoms with Gasteiger partial charge >= 0.3 is 0 Å². The highest BCUT2D eigenvalue weighted by Gasteiger charge is 2.65. The van der Waals surface area contributed by atoms with Gasteiger partial charge in [-0.25, -0.2) is 0 Å². The number of amides is 1. The van der Waals surface area contributed by atoms with Gasteiger partial charge in [-0.1, -0.05) is 6.07 Å². The number of likely N-dealkylation sites (tertiary alicyclic amines) is 1. The Balaban J connectivity index is 1.10. The van der Waals surface area contributed by atoms with Crippen LogP contribution in [0.1, 0.15) is 51.0 Å². The van der Waals surface area contributed by atoms with Gasteiger partial charge in [0.05, 0.1) is 32.7 Å². The maximum absolute atomic E-state index is 14.1. The molecule has 2 bridgehead atoms. The Hall–Kier alpha value is -3.85. The summed E-state index contributed by atoms with van der Waals surface area (Å²) in [5, 5.41) is 0. The number of hydrogen-bond acceptors (Lipinski definition) is 7. The Morgan fingerprint density at radius 3 is 2.51 bits per heavy atom. The van der Waals surface area contributed by atoms with Gasteiger partial charge in [0.1, 0.15) is 23.3 Å². The van der Waals surface area contributed by atoms with Crippen molar-refractivity contribution >= 4 is 11.6 Å². The van der Waals surface area contributed by atoms with E-state index in [0.717, 1.165) is 78.8 Å². The fourth-order valence-corrected chi connectivity index (χ4v) is 9.01. The predicted molar refractivity (Wildman–Crippen MR) is 163 cm³/mol. The van der Waals surface area contributed by atoms with Crippen LogP contribution in [-0.4, -0.2) is 87.8 Å². The number of carbonyl (C=O) groups is 1. The van der Waals surface area contributed by atoms with E-state index in [-0.39, 0.29) is 17.4 Å². The van der Waals surface area contributed by atoms with E-state index in [1.807, 2.05) is 23.1 Å². The number of likely N-dealkylation sites (N-methyl/N-ethyl adjacent to an activating group) is 1. The van der Waals surface area contributed by atoms with Crippen LogP contribution in [0.5, 0.6) is 23.0 Å². The van der Waals surface area contributed by atoms with Crippen LogP contribution in [0.3, 0.4) is 0 Å². The van der Waals surface area contributed by atoms with Crippen molar-refractivity contribution < 1.29 is 23.7 Å². The number of nitrogens with zero attached hydrogens (tertiary/aromatic N) is 3. The first-order valence-corrected chi connectivity index (χ1v) is 15.4. The first-order chi connectivity index (χ1) is 20.9. The lowest BCUT2D eigenvalue weighted by molar-refractivity contribution is -0.0256. The number of hydrogen-bond donors (Lipinski definition) is 1. The molecular formula is C34H40N4O5. The predicted octanol–water partition coefficient (Wildman–Crippen LogP) is 4.12. The molecule has 9 heteroatoms. The van der Waals surface area contributed by atoms with Crippen LogP contribution in [-0.2, 0) is 18.3 Å². The Morgan fingerprint density at radius 2 is 1.77 bits per heavy atom. The highest BCUT2D eigenvalue weighted by Crippen LogP contribution is 2.67. The number of benzene rings is 2. The molecule has 1 aromatic heterocycles. The van der Waals surface area contributed by atoms with Crippen molar-refractivity contribution in [2.24, 2.45) is 5.92 Å². The highest BCUT2D eigenvalue weighted by atomic mass is 16.5. The molecule has 2 aliphatic carbocycles. The number of H-pyrrole nitrogens is 1. The molecule has 1 N–H and O–H groups in total. The minimum atomic E-state index is -0.137. The van der Waals surface area contributed by atoms with E-state index < -0.39 is 0 Å². The topological polar surface area (TPSA) is 79.5 Å². The summed E-state index contributed by atoms with van der Waals surface area (Å²) >= 11 is 0. The number of ether oxygens (including phenoxy) is 4. The van der Waals surface area contributed by atoms with Crippen LogP contribution in [0.25, 0.3) is 0 Å². The molecule has 2 fully saturated rings.